The van der Waals surface area contributed by atoms with Crippen molar-refractivity contribution < 1.29 is 14.3 Å². The van der Waals surface area contributed by atoms with Crippen LogP contribution in [-0.2, 0) is 11.2 Å². The summed E-state index contributed by atoms with van der Waals surface area (Å²) in [5.74, 6) is 0.231. The number of nitrogens with zero attached hydrogens (tertiary/aromatic N) is 4. The molecule has 0 aliphatic heterocycles. The lowest BCUT2D eigenvalue weighted by Gasteiger charge is -2.08. The number of hydrogen-bond donors (Lipinski definition) is 0. The van der Waals surface area contributed by atoms with Crippen LogP contribution in [0.2, 0.25) is 0 Å². The molecule has 0 bridgehead atoms. The molecule has 0 atom stereocenters. The topological polar surface area (TPSA) is 78.6 Å². The van der Waals surface area contributed by atoms with Gasteiger partial charge >= 0.3 is 5.97 Å². The number of rotatable bonds is 7. The summed E-state index contributed by atoms with van der Waals surface area (Å²) in [4.78, 5) is 20.5. The van der Waals surface area contributed by atoms with Crippen molar-refractivity contribution in [1.29, 1.82) is 0 Å². The van der Waals surface area contributed by atoms with Crippen molar-refractivity contribution >= 4 is 35.1 Å². The molecule has 0 amide bonds. The number of imidazole rings is 1. The van der Waals surface area contributed by atoms with Crippen molar-refractivity contribution in [1.82, 2.24) is 19.6 Å². The molecule has 2 aromatic heterocycles. The molecule has 7 nitrogen and oxygen atoms in total. The third-order valence-electron chi connectivity index (χ3n) is 3.64. The summed E-state index contributed by atoms with van der Waals surface area (Å²) in [6.45, 7) is 0.436. The zero-order valence-corrected chi connectivity index (χ0v) is 16.3. The minimum atomic E-state index is -0.386. The number of thioether (sulfide) groups is 2. The molecule has 1 aromatic carbocycles. The Morgan fingerprint density at radius 2 is 2.12 bits per heavy atom. The van der Waals surface area contributed by atoms with Crippen molar-refractivity contribution in [3.63, 3.8) is 0 Å². The number of benzene rings is 1. The van der Waals surface area contributed by atoms with E-state index in [1.807, 2.05) is 17.0 Å². The van der Waals surface area contributed by atoms with Crippen molar-refractivity contribution in [3.05, 3.63) is 41.7 Å². The van der Waals surface area contributed by atoms with Crippen LogP contribution in [0, 0.1) is 0 Å². The summed E-state index contributed by atoms with van der Waals surface area (Å²) in [7, 11) is 1.36. The zero-order valence-electron chi connectivity index (χ0n) is 14.6. The summed E-state index contributed by atoms with van der Waals surface area (Å²) >= 11 is 3.04. The number of esters is 1. The first-order valence-electron chi connectivity index (χ1n) is 7.80. The predicted octanol–water partition coefficient (Wildman–Crippen LogP) is 2.98. The first kappa shape index (κ1) is 18.5. The normalized spacial score (nSPS) is 10.9. The van der Waals surface area contributed by atoms with Crippen molar-refractivity contribution in [3.8, 4) is 5.75 Å². The van der Waals surface area contributed by atoms with Gasteiger partial charge in [-0.3, -0.25) is 0 Å². The van der Waals surface area contributed by atoms with Crippen LogP contribution in [0.5, 0.6) is 5.75 Å². The average Bonchev–Trinajstić information content (AvgIpc) is 3.09. The molecule has 3 aromatic rings. The van der Waals surface area contributed by atoms with E-state index in [0.29, 0.717) is 29.5 Å². The number of ether oxygens (including phenoxy) is 2. The van der Waals surface area contributed by atoms with Gasteiger partial charge in [0.2, 0.25) is 5.16 Å². The lowest BCUT2D eigenvalue weighted by Crippen LogP contribution is -2.08. The van der Waals surface area contributed by atoms with Crippen molar-refractivity contribution in [2.75, 3.05) is 26.2 Å². The van der Waals surface area contributed by atoms with Crippen LogP contribution < -0.4 is 4.74 Å². The van der Waals surface area contributed by atoms with E-state index < -0.39 is 0 Å². The Morgan fingerprint density at radius 1 is 1.27 bits per heavy atom. The van der Waals surface area contributed by atoms with Crippen molar-refractivity contribution in [2.24, 2.45) is 0 Å². The van der Waals surface area contributed by atoms with E-state index in [9.17, 15) is 4.79 Å². The molecule has 2 heterocycles. The molecule has 26 heavy (non-hydrogen) atoms. The van der Waals surface area contributed by atoms with Gasteiger partial charge in [0.1, 0.15) is 10.8 Å². The average molecular weight is 390 g/mol. The molecule has 0 aliphatic carbocycles. The second-order valence-corrected chi connectivity index (χ2v) is 6.78. The van der Waals surface area contributed by atoms with Gasteiger partial charge < -0.3 is 9.47 Å². The molecule has 0 spiro atoms. The van der Waals surface area contributed by atoms with E-state index in [1.165, 1.54) is 18.9 Å². The maximum absolute atomic E-state index is 11.6. The number of fused-ring (bicyclic) bond motifs is 1. The standard InChI is InChI=1S/C17H18N4O3S2/c1-23-16(22)11-5-4-6-13(9-11)24-8-7-12-10-18-14-15(25-2)19-17(26-3)20-21(12)14/h4-6,9-10H,7-8H2,1-3H3. The van der Waals surface area contributed by atoms with Gasteiger partial charge in [-0.25, -0.2) is 19.3 Å². The number of hydrogen-bond acceptors (Lipinski definition) is 8. The predicted molar refractivity (Wildman–Crippen MR) is 101 cm³/mol. The van der Waals surface area contributed by atoms with Gasteiger partial charge in [0.05, 0.1) is 31.2 Å². The molecule has 0 N–H and O–H groups in total. The Bertz CT molecular complexity index is 930. The van der Waals surface area contributed by atoms with Crippen LogP contribution in [0.3, 0.4) is 0 Å². The Kier molecular flexibility index (Phi) is 6.00. The van der Waals surface area contributed by atoms with Crippen molar-refractivity contribution in [2.45, 2.75) is 16.6 Å². The lowest BCUT2D eigenvalue weighted by atomic mass is 10.2. The fourth-order valence-electron chi connectivity index (χ4n) is 2.38. The van der Waals surface area contributed by atoms with E-state index in [4.69, 9.17) is 9.47 Å². The smallest absolute Gasteiger partial charge is 0.337 e. The quantitative estimate of drug-likeness (QED) is 0.450. The highest BCUT2D eigenvalue weighted by atomic mass is 32.2. The number of carbonyl (C=O) groups is 1. The molecular weight excluding hydrogens is 372 g/mol. The van der Waals surface area contributed by atoms with Crippen LogP contribution in [0.4, 0.5) is 0 Å². The van der Waals surface area contributed by atoms with Gasteiger partial charge in [-0.15, -0.1) is 16.9 Å². The first-order chi connectivity index (χ1) is 12.7. The van der Waals surface area contributed by atoms with Crippen LogP contribution in [0.1, 0.15) is 16.1 Å². The number of carbonyl (C=O) groups excluding carboxylic acids is 1. The fourth-order valence-corrected chi connectivity index (χ4v) is 3.28. The maximum Gasteiger partial charge on any atom is 0.337 e. The number of aromatic nitrogens is 4. The SMILES string of the molecule is COC(=O)c1cccc(OCCc2cnc3c(SC)nc(SC)nn23)c1. The summed E-state index contributed by atoms with van der Waals surface area (Å²) in [6.07, 6.45) is 6.34. The molecule has 136 valence electrons. The van der Waals surface area contributed by atoms with Gasteiger partial charge in [0, 0.05) is 6.42 Å². The second-order valence-electron chi connectivity index (χ2n) is 5.21. The Balaban J connectivity index is 1.73. The Hall–Kier alpha value is -2.26. The minimum Gasteiger partial charge on any atom is -0.493 e. The molecule has 0 aliphatic rings. The van der Waals surface area contributed by atoms with E-state index in [2.05, 4.69) is 15.1 Å². The van der Waals surface area contributed by atoms with E-state index in [-0.39, 0.29) is 5.97 Å². The first-order valence-corrected chi connectivity index (χ1v) is 10.2. The summed E-state index contributed by atoms with van der Waals surface area (Å²) in [5.41, 5.74) is 2.15. The second kappa shape index (κ2) is 8.41. The highest BCUT2D eigenvalue weighted by Crippen LogP contribution is 2.22. The van der Waals surface area contributed by atoms with E-state index >= 15 is 0 Å². The Morgan fingerprint density at radius 3 is 2.85 bits per heavy atom. The fraction of sp³-hybridized carbons (Fsp3) is 0.294. The maximum atomic E-state index is 11.6. The molecule has 0 fully saturated rings. The van der Waals surface area contributed by atoms with Crippen LogP contribution >= 0.6 is 23.5 Å². The van der Waals surface area contributed by atoms with Crippen LogP contribution in [-0.4, -0.2) is 51.8 Å². The highest BCUT2D eigenvalue weighted by molar-refractivity contribution is 7.99. The molecule has 3 rings (SSSR count). The van der Waals surface area contributed by atoms with Gasteiger partial charge in [0.25, 0.3) is 0 Å². The van der Waals surface area contributed by atoms with E-state index in [1.54, 1.807) is 42.2 Å². The van der Waals surface area contributed by atoms with Gasteiger partial charge in [0.15, 0.2) is 5.65 Å². The lowest BCUT2D eigenvalue weighted by molar-refractivity contribution is 0.0600. The van der Waals surface area contributed by atoms with E-state index in [0.717, 1.165) is 16.4 Å². The van der Waals surface area contributed by atoms with Crippen LogP contribution in [0.15, 0.2) is 40.6 Å². The molecule has 0 unspecified atom stereocenters. The zero-order chi connectivity index (χ0) is 18.5. The molecular formula is C17H18N4O3S2. The summed E-state index contributed by atoms with van der Waals surface area (Å²) in [5, 5.41) is 6.06. The number of methoxy groups -OCH3 is 1. The summed E-state index contributed by atoms with van der Waals surface area (Å²) < 4.78 is 12.3. The van der Waals surface area contributed by atoms with Gasteiger partial charge in [-0.1, -0.05) is 17.8 Å². The third kappa shape index (κ3) is 3.94. The molecule has 0 saturated carbocycles. The highest BCUT2D eigenvalue weighted by Gasteiger charge is 2.12. The summed E-state index contributed by atoms with van der Waals surface area (Å²) in [6, 6.07) is 6.92. The van der Waals surface area contributed by atoms with Crippen LogP contribution in [0.25, 0.3) is 5.65 Å². The molecule has 0 radical (unpaired) electrons. The van der Waals surface area contributed by atoms with Gasteiger partial charge in [-0.2, -0.15) is 0 Å². The van der Waals surface area contributed by atoms with Gasteiger partial charge in [-0.05, 0) is 30.7 Å². The largest absolute Gasteiger partial charge is 0.493 e. The Labute approximate surface area is 159 Å². The molecule has 9 heteroatoms. The monoisotopic (exact) mass is 390 g/mol. The molecule has 0 saturated heterocycles. The third-order valence-corrected chi connectivity index (χ3v) is 4.84. The minimum absolute atomic E-state index is 0.386.